The maximum atomic E-state index is 14.7. The number of benzene rings is 1. The average molecular weight is 1580 g/mol. The summed E-state index contributed by atoms with van der Waals surface area (Å²) < 4.78 is 39.4. The van der Waals surface area contributed by atoms with Crippen LogP contribution in [0.3, 0.4) is 0 Å². The van der Waals surface area contributed by atoms with Gasteiger partial charge in [0.2, 0.25) is 41.4 Å². The minimum atomic E-state index is -5.47. The number of ether oxygens (including phenoxy) is 2. The van der Waals surface area contributed by atoms with Crippen molar-refractivity contribution < 1.29 is 88.2 Å². The third-order valence-corrected chi connectivity index (χ3v) is 24.6. The Bertz CT molecular complexity index is 4030. The number of aliphatic imine (C=N–C) groups is 3. The van der Waals surface area contributed by atoms with Crippen molar-refractivity contribution in [1.29, 1.82) is 5.26 Å². The number of carbonyl (C=O) groups is 8. The van der Waals surface area contributed by atoms with Crippen molar-refractivity contribution in [3.05, 3.63) is 75.8 Å². The van der Waals surface area contributed by atoms with E-state index in [-0.39, 0.29) is 87.4 Å². The van der Waals surface area contributed by atoms with Crippen LogP contribution in [0.5, 0.6) is 0 Å². The van der Waals surface area contributed by atoms with Gasteiger partial charge in [-0.1, -0.05) is 40.7 Å². The molecule has 7 aliphatic heterocycles. The van der Waals surface area contributed by atoms with Crippen molar-refractivity contribution in [1.82, 2.24) is 35.7 Å². The Morgan fingerprint density at radius 3 is 1.97 bits per heavy atom. The van der Waals surface area contributed by atoms with E-state index in [2.05, 4.69) is 26.3 Å². The number of aryl methyl sites for hydroxylation is 2. The Kier molecular flexibility index (Phi) is 29.7. The molecule has 0 saturated carbocycles. The summed E-state index contributed by atoms with van der Waals surface area (Å²) in [7, 11) is -5.47. The molecule has 109 heavy (non-hydrogen) atoms. The normalized spacial score (nSPS) is 31.7. The molecule has 8 heterocycles. The summed E-state index contributed by atoms with van der Waals surface area (Å²) in [6.45, 7) is 28.8. The molecule has 3 fully saturated rings. The largest absolute Gasteiger partial charge is 3.00 e. The fourth-order valence-electron chi connectivity index (χ4n) is 17.3. The number of carbonyl (C=O) groups excluding carboxylic acids is 8. The van der Waals surface area contributed by atoms with Crippen LogP contribution < -0.4 is 60.6 Å². The van der Waals surface area contributed by atoms with E-state index in [1.54, 1.807) is 16.4 Å². The molecule has 17 N–H and O–H groups in total. The van der Waals surface area contributed by atoms with Gasteiger partial charge in [-0.05, 0) is 152 Å². The number of nitrogens with zero attached hydrogens (tertiary/aromatic N) is 8. The number of amides is 8. The number of primary amides is 6. The molecule has 1 unspecified atom stereocenters. The first-order chi connectivity index (χ1) is 50.8. The standard InChI is InChI=1S/C73H112N17O15P.CN.Co/c1-39-30-49-50(31-40(39)2)90(38-84-49)67-62(98)63(51(103-67)37-102-68(99)89-28-13-24-81-26-25-80-22-12-23-82-27-29-89)105-106(100,101)104-41(3)36-83-59(97)20-21-70(8)47(32-56(77)94)66-73(11)72(10,35-58(79)96)46(16-19-55(76)93)61(88-73)43(5)65-71(9,34-57(78)95)44(14-17-53(74)91)48(85-65)33-52-69(6,7)45(15-18-54(75)92)60(86-52)42(4)64(70)87-66;1-2;/h30-31,33,38,41,44-47,51,62-63,66-67,80-82,98H,12-29,32,34-37H2,1-11H3,(H15,74,75,76,77,78,79,83,85,86,87,88,91,92,93,94,95,96,97,100,101);;/q;-1;+3/p-2/t41-,44-,45-,46-,47+,51-,62-,63-,66-,67+,70-,71+,72+,73+;;/m1../s1. The SMILES string of the molecule is C/C1=C2/[N-][C@H]([C@H](CC(N)=O)[C@@]2(C)CCC(=O)NC[C@@H](C)OP(=O)([O-])O[C@H]2[C@@H](O)[C@@H](n3cnc4cc(C)c(C)cc43)O[C@@H]2COC(=O)N2CCCNCCNCCCNCC2)[C@]2(C)N=C(/C(C)=C3N=C(/C=C4N=C1[C@@H](CCC(N)=O)C\4(C)C)[C@@H](CCC(N)=O)[C@]\3(C)CC(N)=O)[C@@H](CCC(N)=O)[C@]2(C)CC(N)=O.[C-]#N.[Co+3]. The first-order valence-corrected chi connectivity index (χ1v) is 38.5. The zero-order chi connectivity index (χ0) is 79.8. The molecule has 33 nitrogen and oxygen atoms in total. The van der Waals surface area contributed by atoms with E-state index in [1.165, 1.54) is 13.3 Å². The van der Waals surface area contributed by atoms with Gasteiger partial charge >= 0.3 is 22.9 Å². The molecule has 8 amide bonds. The second kappa shape index (κ2) is 36.6. The summed E-state index contributed by atoms with van der Waals surface area (Å²) in [6.07, 6.45) is -4.45. The van der Waals surface area contributed by atoms with Crippen LogP contribution in [0.25, 0.3) is 16.4 Å². The molecule has 0 radical (unpaired) electrons. The van der Waals surface area contributed by atoms with Gasteiger partial charge in [0.15, 0.2) is 6.23 Å². The Labute approximate surface area is 647 Å². The number of allylic oxidation sites excluding steroid dienone is 6. The van der Waals surface area contributed by atoms with Crippen LogP contribution in [0.4, 0.5) is 4.79 Å². The fraction of sp³-hybridized carbons (Fsp3) is 0.662. The minimum absolute atomic E-state index is 0. The smallest absolute Gasteiger partial charge is 0.756 e. The molecule has 1 aromatic heterocycles. The van der Waals surface area contributed by atoms with E-state index < -0.39 is 156 Å². The minimum Gasteiger partial charge on any atom is -0.756 e. The molecule has 0 spiro atoms. The molecule has 9 rings (SSSR count). The van der Waals surface area contributed by atoms with Gasteiger partial charge in [0, 0.05) is 141 Å². The Hall–Kier alpha value is -7.81. The van der Waals surface area contributed by atoms with Gasteiger partial charge in [-0.3, -0.25) is 53.1 Å². The van der Waals surface area contributed by atoms with Crippen LogP contribution in [0, 0.1) is 71.0 Å². The van der Waals surface area contributed by atoms with Gasteiger partial charge in [0.25, 0.3) is 7.82 Å². The third kappa shape index (κ3) is 19.6. The Balaban J connectivity index is 0.00000546. The van der Waals surface area contributed by atoms with E-state index in [0.29, 0.717) is 89.0 Å². The number of fused-ring (bicyclic) bond motifs is 7. The van der Waals surface area contributed by atoms with Crippen molar-refractivity contribution in [3.63, 3.8) is 0 Å². The van der Waals surface area contributed by atoms with Gasteiger partial charge in [-0.2, -0.15) is 5.70 Å². The number of aliphatic hydroxyl groups excluding tert-OH is 1. The van der Waals surface area contributed by atoms with Crippen molar-refractivity contribution >= 4 is 83.4 Å². The maximum Gasteiger partial charge on any atom is 3.00 e. The van der Waals surface area contributed by atoms with Crippen molar-refractivity contribution in [3.8, 4) is 0 Å². The molecule has 0 aliphatic carbocycles. The summed E-state index contributed by atoms with van der Waals surface area (Å²) in [5.41, 5.74) is 36.7. The topological polar surface area (TPSA) is 534 Å². The van der Waals surface area contributed by atoms with Crippen molar-refractivity contribution in [2.24, 2.45) is 94.7 Å². The predicted molar refractivity (Wildman–Crippen MR) is 400 cm³/mol. The van der Waals surface area contributed by atoms with Crippen LogP contribution in [0.15, 0.2) is 67.8 Å². The maximum absolute atomic E-state index is 14.7. The number of aliphatic hydroxyl groups is 1. The molecule has 7 aliphatic rings. The molecule has 3 saturated heterocycles. The number of hydrogen-bond donors (Lipinski definition) is 11. The number of nitrogens with one attached hydrogen (secondary N) is 4. The van der Waals surface area contributed by atoms with E-state index in [4.69, 9.17) is 85.1 Å². The first kappa shape index (κ1) is 88.4. The summed E-state index contributed by atoms with van der Waals surface area (Å²) in [5.74, 6) is -7.53. The molecule has 2 aromatic rings. The van der Waals surface area contributed by atoms with Crippen LogP contribution >= 0.6 is 7.82 Å². The average Bonchev–Trinajstić information content (AvgIpc) is 1.53. The van der Waals surface area contributed by atoms with Gasteiger partial charge in [0.05, 0.1) is 34.7 Å². The van der Waals surface area contributed by atoms with E-state index in [0.717, 1.165) is 43.7 Å². The van der Waals surface area contributed by atoms with Crippen LogP contribution in [0.1, 0.15) is 163 Å². The van der Waals surface area contributed by atoms with Gasteiger partial charge in [0.1, 0.15) is 24.9 Å². The Morgan fingerprint density at radius 1 is 0.761 bits per heavy atom. The van der Waals surface area contributed by atoms with Crippen LogP contribution in [-0.4, -0.2) is 186 Å². The monoisotopic (exact) mass is 1580 g/mol. The number of hydrogen-bond acceptors (Lipinski definition) is 23. The number of aromatic nitrogens is 2. The zero-order valence-corrected chi connectivity index (χ0v) is 66.3. The molecule has 15 atom stereocenters. The van der Waals surface area contributed by atoms with E-state index in [9.17, 15) is 52.9 Å². The van der Waals surface area contributed by atoms with Crippen LogP contribution in [0.2, 0.25) is 0 Å². The molecular formula is C74H110CoN18O15P. The molecule has 1 aromatic carbocycles. The molecule has 35 heteroatoms. The van der Waals surface area contributed by atoms with Crippen molar-refractivity contribution in [2.45, 2.75) is 202 Å². The number of phosphoric ester groups is 1. The zero-order valence-electron chi connectivity index (χ0n) is 64.3. The second-order valence-corrected chi connectivity index (χ2v) is 32.6. The summed E-state index contributed by atoms with van der Waals surface area (Å²) in [4.78, 5) is 145. The number of phosphoric acid groups is 1. The van der Waals surface area contributed by atoms with Gasteiger partial charge in [-0.15, -0.1) is 0 Å². The molecule has 8 bridgehead atoms. The third-order valence-electron chi connectivity index (χ3n) is 23.5. The quantitative estimate of drug-likeness (QED) is 0.0451. The fourth-order valence-corrected chi connectivity index (χ4v) is 18.5. The number of nitrogens with two attached hydrogens (primary N) is 6. The second-order valence-electron chi connectivity index (χ2n) is 31.3. The molecule has 600 valence electrons. The molecular weight excluding hydrogens is 1470 g/mol. The predicted octanol–water partition coefficient (Wildman–Crippen LogP) is 3.42. The Morgan fingerprint density at radius 2 is 1.36 bits per heavy atom. The summed E-state index contributed by atoms with van der Waals surface area (Å²) >= 11 is 0. The van der Waals surface area contributed by atoms with Crippen molar-refractivity contribution in [2.75, 3.05) is 65.5 Å². The number of imidazole rings is 1. The van der Waals surface area contributed by atoms with Gasteiger partial charge < -0.3 is 111 Å². The summed E-state index contributed by atoms with van der Waals surface area (Å²) in [5, 5.41) is 37.0. The van der Waals surface area contributed by atoms with Crippen LogP contribution in [-0.2, 0) is 73.4 Å². The van der Waals surface area contributed by atoms with E-state index in [1.807, 2.05) is 80.5 Å². The first-order valence-electron chi connectivity index (χ1n) is 37.1. The summed E-state index contributed by atoms with van der Waals surface area (Å²) in [6, 6.07) is 2.66. The number of rotatable bonds is 27. The van der Waals surface area contributed by atoms with Gasteiger partial charge in [-0.25, -0.2) is 9.78 Å². The van der Waals surface area contributed by atoms with E-state index >= 15 is 0 Å².